The van der Waals surface area contributed by atoms with Gasteiger partial charge in [-0.25, -0.2) is 0 Å². The topological polar surface area (TPSA) is 101 Å². The molecule has 0 saturated heterocycles. The Morgan fingerprint density at radius 1 is 1.37 bits per heavy atom. The number of nitrogens with zero attached hydrogens (tertiary/aromatic N) is 1. The number of rotatable bonds is 6. The minimum atomic E-state index is -0.573. The first kappa shape index (κ1) is 14.8. The maximum Gasteiger partial charge on any atom is 0.250 e. The highest BCUT2D eigenvalue weighted by atomic mass is 16.2. The monoisotopic (exact) mass is 264 g/mol. The van der Waals surface area contributed by atoms with E-state index >= 15 is 0 Å². The van der Waals surface area contributed by atoms with Crippen LogP contribution in [0.5, 0.6) is 0 Å². The average molecular weight is 264 g/mol. The zero-order valence-electron chi connectivity index (χ0n) is 11.3. The number of carbonyl (C=O) groups excluding carboxylic acids is 2. The van der Waals surface area contributed by atoms with E-state index in [1.807, 2.05) is 11.8 Å². The number of likely N-dealkylation sites (N-methyl/N-ethyl adjacent to an activating group) is 1. The van der Waals surface area contributed by atoms with E-state index in [0.29, 0.717) is 17.9 Å². The van der Waals surface area contributed by atoms with Crippen LogP contribution in [0, 0.1) is 0 Å². The van der Waals surface area contributed by atoms with Crippen LogP contribution in [0.1, 0.15) is 23.7 Å². The molecule has 0 aliphatic carbocycles. The van der Waals surface area contributed by atoms with Crippen molar-refractivity contribution in [3.05, 3.63) is 23.8 Å². The number of amides is 2. The van der Waals surface area contributed by atoms with Gasteiger partial charge in [-0.1, -0.05) is 13.0 Å². The summed E-state index contributed by atoms with van der Waals surface area (Å²) in [6.45, 7) is 2.86. The third-order valence-electron chi connectivity index (χ3n) is 2.80. The molecule has 0 fully saturated rings. The molecule has 0 aliphatic heterocycles. The van der Waals surface area contributed by atoms with E-state index in [-0.39, 0.29) is 18.0 Å². The summed E-state index contributed by atoms with van der Waals surface area (Å²) in [5.74, 6) is -0.687. The van der Waals surface area contributed by atoms with Crippen LogP contribution >= 0.6 is 0 Å². The average Bonchev–Trinajstić information content (AvgIpc) is 2.38. The molecular weight excluding hydrogens is 244 g/mol. The Bertz CT molecular complexity index is 474. The van der Waals surface area contributed by atoms with Gasteiger partial charge in [0.15, 0.2) is 0 Å². The van der Waals surface area contributed by atoms with Gasteiger partial charge in [0, 0.05) is 13.6 Å². The number of nitrogens with two attached hydrogens (primary N) is 2. The maximum absolute atomic E-state index is 11.5. The van der Waals surface area contributed by atoms with Crippen molar-refractivity contribution in [2.75, 3.05) is 30.8 Å². The summed E-state index contributed by atoms with van der Waals surface area (Å²) >= 11 is 0. The summed E-state index contributed by atoms with van der Waals surface area (Å²) < 4.78 is 0. The van der Waals surface area contributed by atoms with Crippen LogP contribution in [0.2, 0.25) is 0 Å². The number of hydrogen-bond acceptors (Lipinski definition) is 4. The number of anilines is 2. The van der Waals surface area contributed by atoms with Gasteiger partial charge in [-0.15, -0.1) is 0 Å². The number of carbonyl (C=O) groups is 2. The smallest absolute Gasteiger partial charge is 0.250 e. The fraction of sp³-hybridized carbons (Fsp3) is 0.385. The molecule has 0 aliphatic rings. The Morgan fingerprint density at radius 3 is 2.58 bits per heavy atom. The first-order valence-corrected chi connectivity index (χ1v) is 6.15. The first-order chi connectivity index (χ1) is 9.01. The van der Waals surface area contributed by atoms with Crippen LogP contribution in [0.3, 0.4) is 0 Å². The van der Waals surface area contributed by atoms with Gasteiger partial charge >= 0.3 is 0 Å². The van der Waals surface area contributed by atoms with Crippen LogP contribution < -0.4 is 21.7 Å². The zero-order chi connectivity index (χ0) is 14.4. The minimum Gasteiger partial charge on any atom is -0.396 e. The summed E-state index contributed by atoms with van der Waals surface area (Å²) in [4.78, 5) is 24.6. The molecule has 0 aromatic heterocycles. The second-order valence-electron chi connectivity index (χ2n) is 4.20. The fourth-order valence-electron chi connectivity index (χ4n) is 1.85. The highest BCUT2D eigenvalue weighted by molar-refractivity contribution is 6.01. The standard InChI is InChI=1S/C13H20N4O2/c1-3-7-17(8-11(18)16-2)10-6-4-5-9(12(10)14)13(15)19/h4-6H,3,7-8,14H2,1-2H3,(H2,15,19)(H,16,18). The van der Waals surface area contributed by atoms with Gasteiger partial charge in [0.25, 0.3) is 5.91 Å². The summed E-state index contributed by atoms with van der Waals surface area (Å²) in [5.41, 5.74) is 12.5. The van der Waals surface area contributed by atoms with Gasteiger partial charge < -0.3 is 21.7 Å². The number of hydrogen-bond donors (Lipinski definition) is 3. The Labute approximate surface area is 112 Å². The molecule has 0 bridgehead atoms. The quantitative estimate of drug-likeness (QED) is 0.644. The molecule has 1 rings (SSSR count). The molecule has 1 aromatic carbocycles. The molecule has 5 N–H and O–H groups in total. The number of primary amides is 1. The van der Waals surface area contributed by atoms with Crippen molar-refractivity contribution in [1.82, 2.24) is 5.32 Å². The molecule has 0 radical (unpaired) electrons. The van der Waals surface area contributed by atoms with Crippen molar-refractivity contribution >= 4 is 23.2 Å². The molecule has 0 atom stereocenters. The van der Waals surface area contributed by atoms with E-state index < -0.39 is 5.91 Å². The molecule has 0 spiro atoms. The molecule has 1 aromatic rings. The molecule has 0 unspecified atom stereocenters. The van der Waals surface area contributed by atoms with Crippen LogP contribution in [-0.4, -0.2) is 32.0 Å². The SMILES string of the molecule is CCCN(CC(=O)NC)c1cccc(C(N)=O)c1N. The zero-order valence-corrected chi connectivity index (χ0v) is 11.3. The van der Waals surface area contributed by atoms with Gasteiger partial charge in [0.2, 0.25) is 5.91 Å². The summed E-state index contributed by atoms with van der Waals surface area (Å²) in [7, 11) is 1.58. The highest BCUT2D eigenvalue weighted by Crippen LogP contribution is 2.26. The van der Waals surface area contributed by atoms with E-state index in [0.717, 1.165) is 6.42 Å². The third-order valence-corrected chi connectivity index (χ3v) is 2.80. The van der Waals surface area contributed by atoms with Gasteiger partial charge in [-0.3, -0.25) is 9.59 Å². The highest BCUT2D eigenvalue weighted by Gasteiger charge is 2.16. The molecular formula is C13H20N4O2. The largest absolute Gasteiger partial charge is 0.396 e. The van der Waals surface area contributed by atoms with E-state index in [1.165, 1.54) is 0 Å². The second-order valence-corrected chi connectivity index (χ2v) is 4.20. The lowest BCUT2D eigenvalue weighted by atomic mass is 10.1. The summed E-state index contributed by atoms with van der Waals surface area (Å²) in [6, 6.07) is 5.06. The fourth-order valence-corrected chi connectivity index (χ4v) is 1.85. The number of para-hydroxylation sites is 1. The predicted octanol–water partition coefficient (Wildman–Crippen LogP) is 0.330. The van der Waals surface area contributed by atoms with Crippen LogP contribution in [-0.2, 0) is 4.79 Å². The molecule has 0 saturated carbocycles. The Kier molecular flexibility index (Phi) is 5.17. The van der Waals surface area contributed by atoms with Crippen molar-refractivity contribution in [2.45, 2.75) is 13.3 Å². The van der Waals surface area contributed by atoms with Gasteiger partial charge in [-0.05, 0) is 18.6 Å². The van der Waals surface area contributed by atoms with Crippen molar-refractivity contribution < 1.29 is 9.59 Å². The number of benzene rings is 1. The van der Waals surface area contributed by atoms with Crippen LogP contribution in [0.25, 0.3) is 0 Å². The molecule has 6 nitrogen and oxygen atoms in total. The van der Waals surface area contributed by atoms with Gasteiger partial charge in [0.05, 0.1) is 23.5 Å². The van der Waals surface area contributed by atoms with E-state index in [1.54, 1.807) is 25.2 Å². The van der Waals surface area contributed by atoms with Gasteiger partial charge in [0.1, 0.15) is 0 Å². The van der Waals surface area contributed by atoms with Crippen molar-refractivity contribution in [1.29, 1.82) is 0 Å². The Hall–Kier alpha value is -2.24. The maximum atomic E-state index is 11.5. The molecule has 19 heavy (non-hydrogen) atoms. The molecule has 0 heterocycles. The normalized spacial score (nSPS) is 10.0. The lowest BCUT2D eigenvalue weighted by Gasteiger charge is -2.25. The summed E-state index contributed by atoms with van der Waals surface area (Å²) in [5, 5.41) is 2.57. The summed E-state index contributed by atoms with van der Waals surface area (Å²) in [6.07, 6.45) is 0.858. The van der Waals surface area contributed by atoms with E-state index in [2.05, 4.69) is 5.32 Å². The second kappa shape index (κ2) is 6.63. The predicted molar refractivity (Wildman–Crippen MR) is 75.9 cm³/mol. The lowest BCUT2D eigenvalue weighted by molar-refractivity contribution is -0.119. The van der Waals surface area contributed by atoms with Crippen LogP contribution in [0.4, 0.5) is 11.4 Å². The Balaban J connectivity index is 3.11. The first-order valence-electron chi connectivity index (χ1n) is 6.15. The molecule has 6 heteroatoms. The van der Waals surface area contributed by atoms with Crippen molar-refractivity contribution in [3.63, 3.8) is 0 Å². The third kappa shape index (κ3) is 3.61. The van der Waals surface area contributed by atoms with Crippen LogP contribution in [0.15, 0.2) is 18.2 Å². The van der Waals surface area contributed by atoms with E-state index in [9.17, 15) is 9.59 Å². The molecule has 104 valence electrons. The minimum absolute atomic E-state index is 0.114. The Morgan fingerprint density at radius 2 is 2.05 bits per heavy atom. The molecule has 2 amide bonds. The number of nitrogen functional groups attached to an aromatic ring is 1. The lowest BCUT2D eigenvalue weighted by Crippen LogP contribution is -2.36. The number of nitrogens with one attached hydrogen (secondary N) is 1. The van der Waals surface area contributed by atoms with E-state index in [4.69, 9.17) is 11.5 Å². The van der Waals surface area contributed by atoms with Gasteiger partial charge in [-0.2, -0.15) is 0 Å². The van der Waals surface area contributed by atoms with Crippen molar-refractivity contribution in [2.24, 2.45) is 5.73 Å². The van der Waals surface area contributed by atoms with Crippen molar-refractivity contribution in [3.8, 4) is 0 Å².